The summed E-state index contributed by atoms with van der Waals surface area (Å²) in [6.45, 7) is -0.0166. The highest BCUT2D eigenvalue weighted by molar-refractivity contribution is 6.30. The second-order valence-electron chi connectivity index (χ2n) is 3.73. The van der Waals surface area contributed by atoms with Crippen LogP contribution in [0.4, 0.5) is 19.1 Å². The van der Waals surface area contributed by atoms with E-state index < -0.39 is 11.7 Å². The summed E-state index contributed by atoms with van der Waals surface area (Å²) < 4.78 is 38.3. The standard InChI is InChI=1S/C12H9ClF3N3/c13-9-6-18-11(19-7-9)17-5-8-3-1-2-4-10(8)12(14,15)16/h1-4,6-7H,5H2,(H,17,18,19). The molecular weight excluding hydrogens is 279 g/mol. The molecule has 0 aliphatic rings. The van der Waals surface area contributed by atoms with Crippen molar-refractivity contribution >= 4 is 17.5 Å². The van der Waals surface area contributed by atoms with E-state index in [9.17, 15) is 13.2 Å². The number of benzene rings is 1. The number of alkyl halides is 3. The van der Waals surface area contributed by atoms with Gasteiger partial charge in [-0.25, -0.2) is 9.97 Å². The van der Waals surface area contributed by atoms with Crippen LogP contribution in [0.1, 0.15) is 11.1 Å². The Morgan fingerprint density at radius 2 is 1.74 bits per heavy atom. The van der Waals surface area contributed by atoms with Crippen molar-refractivity contribution in [3.05, 3.63) is 52.8 Å². The molecule has 0 radical (unpaired) electrons. The average Bonchev–Trinajstić information content (AvgIpc) is 2.37. The van der Waals surface area contributed by atoms with Crippen molar-refractivity contribution in [3.8, 4) is 0 Å². The Morgan fingerprint density at radius 3 is 2.37 bits per heavy atom. The second-order valence-corrected chi connectivity index (χ2v) is 4.17. The largest absolute Gasteiger partial charge is 0.416 e. The van der Waals surface area contributed by atoms with Crippen molar-refractivity contribution in [1.82, 2.24) is 9.97 Å². The number of hydrogen-bond acceptors (Lipinski definition) is 3. The van der Waals surface area contributed by atoms with Gasteiger partial charge >= 0.3 is 6.18 Å². The third kappa shape index (κ3) is 3.57. The van der Waals surface area contributed by atoms with Crippen molar-refractivity contribution in [2.75, 3.05) is 5.32 Å². The Kier molecular flexibility index (Phi) is 3.90. The topological polar surface area (TPSA) is 37.8 Å². The van der Waals surface area contributed by atoms with Gasteiger partial charge in [0.15, 0.2) is 0 Å². The molecular formula is C12H9ClF3N3. The van der Waals surface area contributed by atoms with Gasteiger partial charge in [-0.3, -0.25) is 0 Å². The average molecular weight is 288 g/mol. The summed E-state index contributed by atoms with van der Waals surface area (Å²) in [4.78, 5) is 7.70. The summed E-state index contributed by atoms with van der Waals surface area (Å²) in [6.07, 6.45) is -1.64. The van der Waals surface area contributed by atoms with Gasteiger partial charge in [0.2, 0.25) is 5.95 Å². The predicted molar refractivity (Wildman–Crippen MR) is 65.8 cm³/mol. The second kappa shape index (κ2) is 5.44. The van der Waals surface area contributed by atoms with Crippen molar-refractivity contribution in [2.45, 2.75) is 12.7 Å². The molecule has 2 aromatic rings. The first kappa shape index (κ1) is 13.6. The highest BCUT2D eigenvalue weighted by atomic mass is 35.5. The molecule has 0 aliphatic heterocycles. The van der Waals surface area contributed by atoms with E-state index in [1.165, 1.54) is 24.5 Å². The monoisotopic (exact) mass is 287 g/mol. The lowest BCUT2D eigenvalue weighted by Crippen LogP contribution is -2.12. The van der Waals surface area contributed by atoms with Crippen LogP contribution in [-0.2, 0) is 12.7 Å². The van der Waals surface area contributed by atoms with Crippen molar-refractivity contribution in [1.29, 1.82) is 0 Å². The van der Waals surface area contributed by atoms with Gasteiger partial charge in [-0.15, -0.1) is 0 Å². The molecule has 0 bridgehead atoms. The van der Waals surface area contributed by atoms with E-state index in [4.69, 9.17) is 11.6 Å². The van der Waals surface area contributed by atoms with E-state index in [0.29, 0.717) is 5.02 Å². The molecule has 1 aromatic carbocycles. The molecule has 3 nitrogen and oxygen atoms in total. The minimum atomic E-state index is -4.38. The van der Waals surface area contributed by atoms with Crippen molar-refractivity contribution in [2.24, 2.45) is 0 Å². The van der Waals surface area contributed by atoms with Gasteiger partial charge in [-0.05, 0) is 11.6 Å². The first-order valence-electron chi connectivity index (χ1n) is 5.33. The fraction of sp³-hybridized carbons (Fsp3) is 0.167. The van der Waals surface area contributed by atoms with E-state index in [0.717, 1.165) is 6.07 Å². The summed E-state index contributed by atoms with van der Waals surface area (Å²) >= 11 is 5.61. The SMILES string of the molecule is FC(F)(F)c1ccccc1CNc1ncc(Cl)cn1. The third-order valence-corrected chi connectivity index (χ3v) is 2.58. The Balaban J connectivity index is 2.14. The minimum absolute atomic E-state index is 0.0166. The van der Waals surface area contributed by atoms with E-state index in [1.807, 2.05) is 0 Å². The Morgan fingerprint density at radius 1 is 1.11 bits per heavy atom. The molecule has 0 spiro atoms. The normalized spacial score (nSPS) is 11.4. The quantitative estimate of drug-likeness (QED) is 0.934. The van der Waals surface area contributed by atoms with Gasteiger partial charge in [-0.1, -0.05) is 29.8 Å². The number of aromatic nitrogens is 2. The van der Waals surface area contributed by atoms with Crippen molar-refractivity contribution < 1.29 is 13.2 Å². The van der Waals surface area contributed by atoms with E-state index >= 15 is 0 Å². The molecule has 2 rings (SSSR count). The smallest absolute Gasteiger partial charge is 0.350 e. The minimum Gasteiger partial charge on any atom is -0.350 e. The van der Waals surface area contributed by atoms with Gasteiger partial charge in [0.1, 0.15) is 0 Å². The number of nitrogens with zero attached hydrogens (tertiary/aromatic N) is 2. The Hall–Kier alpha value is -1.82. The van der Waals surface area contributed by atoms with Gasteiger partial charge in [0, 0.05) is 6.54 Å². The molecule has 0 aliphatic carbocycles. The summed E-state index contributed by atoms with van der Waals surface area (Å²) in [5, 5.41) is 3.08. The molecule has 0 atom stereocenters. The number of halogens is 4. The molecule has 0 saturated carbocycles. The van der Waals surface area contributed by atoms with Gasteiger partial charge in [0.25, 0.3) is 0 Å². The van der Waals surface area contributed by atoms with Crippen LogP contribution in [0.25, 0.3) is 0 Å². The molecule has 0 amide bonds. The lowest BCUT2D eigenvalue weighted by Gasteiger charge is -2.13. The summed E-state index contributed by atoms with van der Waals surface area (Å²) in [5.41, 5.74) is -0.537. The van der Waals surface area contributed by atoms with Crippen LogP contribution >= 0.6 is 11.6 Å². The van der Waals surface area contributed by atoms with Crippen LogP contribution in [0.2, 0.25) is 5.02 Å². The van der Waals surface area contributed by atoms with Crippen LogP contribution < -0.4 is 5.32 Å². The van der Waals surface area contributed by atoms with Crippen LogP contribution in [0.15, 0.2) is 36.7 Å². The summed E-state index contributed by atoms with van der Waals surface area (Å²) in [5.74, 6) is 0.223. The Bertz CT molecular complexity index is 555. The lowest BCUT2D eigenvalue weighted by molar-refractivity contribution is -0.138. The number of rotatable bonds is 3. The molecule has 1 aromatic heterocycles. The number of anilines is 1. The Labute approximate surface area is 112 Å². The first-order chi connectivity index (χ1) is 8.97. The van der Waals surface area contributed by atoms with E-state index in [2.05, 4.69) is 15.3 Å². The van der Waals surface area contributed by atoms with Crippen LogP contribution in [0.3, 0.4) is 0 Å². The zero-order chi connectivity index (χ0) is 13.9. The van der Waals surface area contributed by atoms with Crippen LogP contribution in [0, 0.1) is 0 Å². The highest BCUT2D eigenvalue weighted by Crippen LogP contribution is 2.31. The molecule has 0 saturated heterocycles. The highest BCUT2D eigenvalue weighted by Gasteiger charge is 2.32. The fourth-order valence-corrected chi connectivity index (χ4v) is 1.63. The van der Waals surface area contributed by atoms with E-state index in [-0.39, 0.29) is 18.1 Å². The van der Waals surface area contributed by atoms with Gasteiger partial charge in [-0.2, -0.15) is 13.2 Å². The zero-order valence-corrected chi connectivity index (χ0v) is 10.3. The molecule has 19 heavy (non-hydrogen) atoms. The van der Waals surface area contributed by atoms with Gasteiger partial charge < -0.3 is 5.32 Å². The maximum atomic E-state index is 12.8. The molecule has 1 heterocycles. The van der Waals surface area contributed by atoms with Crippen molar-refractivity contribution in [3.63, 3.8) is 0 Å². The molecule has 7 heteroatoms. The lowest BCUT2D eigenvalue weighted by atomic mass is 10.1. The van der Waals surface area contributed by atoms with Crippen LogP contribution in [-0.4, -0.2) is 9.97 Å². The molecule has 0 fully saturated rings. The molecule has 0 unspecified atom stereocenters. The molecule has 100 valence electrons. The number of hydrogen-bond donors (Lipinski definition) is 1. The third-order valence-electron chi connectivity index (χ3n) is 2.38. The van der Waals surface area contributed by atoms with Crippen LogP contribution in [0.5, 0.6) is 0 Å². The summed E-state index contributed by atoms with van der Waals surface area (Å²) in [7, 11) is 0. The maximum Gasteiger partial charge on any atom is 0.416 e. The zero-order valence-electron chi connectivity index (χ0n) is 9.58. The predicted octanol–water partition coefficient (Wildman–Crippen LogP) is 3.76. The maximum absolute atomic E-state index is 12.8. The van der Waals surface area contributed by atoms with Gasteiger partial charge in [0.05, 0.1) is 23.0 Å². The molecule has 1 N–H and O–H groups in total. The number of nitrogens with one attached hydrogen (secondary N) is 1. The first-order valence-corrected chi connectivity index (χ1v) is 5.71. The van der Waals surface area contributed by atoms with E-state index in [1.54, 1.807) is 6.07 Å². The fourth-order valence-electron chi connectivity index (χ4n) is 1.53. The summed E-state index contributed by atoms with van der Waals surface area (Å²) in [6, 6.07) is 5.35.